The first-order valence-corrected chi connectivity index (χ1v) is 3.89. The second-order valence-corrected chi connectivity index (χ2v) is 4.31. The molecule has 1 heterocycles. The van der Waals surface area contributed by atoms with Crippen LogP contribution in [0.15, 0.2) is 0 Å². The molecule has 2 nitrogen and oxygen atoms in total. The van der Waals surface area contributed by atoms with Gasteiger partial charge in [-0.2, -0.15) is 0 Å². The van der Waals surface area contributed by atoms with Crippen molar-refractivity contribution < 1.29 is 4.79 Å². The summed E-state index contributed by atoms with van der Waals surface area (Å²) < 4.78 is -0.300. The quantitative estimate of drug-likeness (QED) is 0.571. The number of halogens is 1. The predicted molar refractivity (Wildman–Crippen MR) is 39.6 cm³/mol. The summed E-state index contributed by atoms with van der Waals surface area (Å²) in [6, 6.07) is 0. The fourth-order valence-corrected chi connectivity index (χ4v) is 1.34. The molecule has 0 aliphatic carbocycles. The van der Waals surface area contributed by atoms with E-state index in [1.807, 2.05) is 6.92 Å². The average Bonchev–Trinajstić information content (AvgIpc) is 1.77. The maximum atomic E-state index is 11.0. The van der Waals surface area contributed by atoms with Gasteiger partial charge in [-0.25, -0.2) is 0 Å². The number of amides is 1. The van der Waals surface area contributed by atoms with E-state index >= 15 is 0 Å². The first-order chi connectivity index (χ1) is 4.13. The SMILES string of the molecule is CC1(Br)CCCNC1=O. The number of hydrogen-bond donors (Lipinski definition) is 1. The van der Waals surface area contributed by atoms with Crippen LogP contribution in [0.2, 0.25) is 0 Å². The molecule has 1 saturated heterocycles. The Morgan fingerprint density at radius 2 is 2.44 bits per heavy atom. The van der Waals surface area contributed by atoms with Crippen molar-refractivity contribution in [3.8, 4) is 0 Å². The minimum Gasteiger partial charge on any atom is -0.355 e. The van der Waals surface area contributed by atoms with Crippen LogP contribution < -0.4 is 5.32 Å². The zero-order chi connectivity index (χ0) is 6.91. The van der Waals surface area contributed by atoms with Gasteiger partial charge in [0.2, 0.25) is 5.91 Å². The van der Waals surface area contributed by atoms with E-state index in [0.717, 1.165) is 19.4 Å². The highest BCUT2D eigenvalue weighted by molar-refractivity contribution is 9.10. The largest absolute Gasteiger partial charge is 0.355 e. The van der Waals surface area contributed by atoms with Gasteiger partial charge in [-0.3, -0.25) is 4.79 Å². The van der Waals surface area contributed by atoms with Crippen LogP contribution in [0, 0.1) is 0 Å². The van der Waals surface area contributed by atoms with Crippen molar-refractivity contribution >= 4 is 21.8 Å². The van der Waals surface area contributed by atoms with E-state index in [4.69, 9.17) is 0 Å². The molecule has 3 heteroatoms. The molecule has 0 bridgehead atoms. The van der Waals surface area contributed by atoms with Crippen molar-refractivity contribution in [1.82, 2.24) is 5.32 Å². The summed E-state index contributed by atoms with van der Waals surface area (Å²) >= 11 is 3.35. The van der Waals surface area contributed by atoms with Crippen molar-refractivity contribution in [2.24, 2.45) is 0 Å². The fourth-order valence-electron chi connectivity index (χ4n) is 0.920. The number of hydrogen-bond acceptors (Lipinski definition) is 1. The zero-order valence-electron chi connectivity index (χ0n) is 5.41. The van der Waals surface area contributed by atoms with E-state index in [1.54, 1.807) is 0 Å². The molecule has 1 aliphatic heterocycles. The number of carbonyl (C=O) groups excluding carboxylic acids is 1. The van der Waals surface area contributed by atoms with Gasteiger partial charge >= 0.3 is 0 Å². The molecular formula is C6H10BrNO. The normalized spacial score (nSPS) is 36.0. The highest BCUT2D eigenvalue weighted by Gasteiger charge is 2.31. The predicted octanol–water partition coefficient (Wildman–Crippen LogP) is 1.05. The van der Waals surface area contributed by atoms with Gasteiger partial charge in [0, 0.05) is 6.54 Å². The van der Waals surface area contributed by atoms with Crippen LogP contribution in [-0.2, 0) is 4.79 Å². The highest BCUT2D eigenvalue weighted by atomic mass is 79.9. The number of alkyl halides is 1. The molecule has 1 amide bonds. The Hall–Kier alpha value is -0.0500. The first-order valence-electron chi connectivity index (χ1n) is 3.10. The van der Waals surface area contributed by atoms with Crippen molar-refractivity contribution in [3.05, 3.63) is 0 Å². The van der Waals surface area contributed by atoms with E-state index < -0.39 is 0 Å². The molecule has 0 radical (unpaired) electrons. The molecule has 1 unspecified atom stereocenters. The van der Waals surface area contributed by atoms with Crippen LogP contribution in [0.25, 0.3) is 0 Å². The summed E-state index contributed by atoms with van der Waals surface area (Å²) in [5.41, 5.74) is 0. The minimum absolute atomic E-state index is 0.119. The molecule has 0 spiro atoms. The average molecular weight is 192 g/mol. The van der Waals surface area contributed by atoms with E-state index in [0.29, 0.717) is 0 Å². The van der Waals surface area contributed by atoms with Gasteiger partial charge in [0.05, 0.1) is 0 Å². The second-order valence-electron chi connectivity index (χ2n) is 2.56. The first kappa shape index (κ1) is 7.06. The summed E-state index contributed by atoms with van der Waals surface area (Å²) in [7, 11) is 0. The number of rotatable bonds is 0. The lowest BCUT2D eigenvalue weighted by Gasteiger charge is -2.26. The molecule has 0 saturated carbocycles. The molecule has 9 heavy (non-hydrogen) atoms. The topological polar surface area (TPSA) is 29.1 Å². The number of carbonyl (C=O) groups is 1. The molecule has 1 rings (SSSR count). The minimum atomic E-state index is -0.300. The Morgan fingerprint density at radius 3 is 2.78 bits per heavy atom. The van der Waals surface area contributed by atoms with Gasteiger partial charge in [0.1, 0.15) is 4.32 Å². The lowest BCUT2D eigenvalue weighted by Crippen LogP contribution is -2.44. The van der Waals surface area contributed by atoms with E-state index in [9.17, 15) is 4.79 Å². The smallest absolute Gasteiger partial charge is 0.236 e. The van der Waals surface area contributed by atoms with E-state index in [-0.39, 0.29) is 10.2 Å². The number of nitrogens with one attached hydrogen (secondary N) is 1. The summed E-state index contributed by atoms with van der Waals surface area (Å²) in [5, 5.41) is 2.79. The van der Waals surface area contributed by atoms with Crippen molar-refractivity contribution in [3.63, 3.8) is 0 Å². The van der Waals surface area contributed by atoms with Crippen LogP contribution >= 0.6 is 15.9 Å². The molecule has 1 aliphatic rings. The third-order valence-electron chi connectivity index (χ3n) is 1.58. The van der Waals surface area contributed by atoms with Crippen LogP contribution in [0.5, 0.6) is 0 Å². The maximum Gasteiger partial charge on any atom is 0.236 e. The van der Waals surface area contributed by atoms with Crippen molar-refractivity contribution in [2.45, 2.75) is 24.1 Å². The third kappa shape index (κ3) is 1.45. The third-order valence-corrected chi connectivity index (χ3v) is 2.34. The van der Waals surface area contributed by atoms with Gasteiger partial charge in [0.25, 0.3) is 0 Å². The van der Waals surface area contributed by atoms with Crippen LogP contribution in [-0.4, -0.2) is 16.8 Å². The lowest BCUT2D eigenvalue weighted by atomic mass is 10.0. The van der Waals surface area contributed by atoms with Gasteiger partial charge in [-0.05, 0) is 19.8 Å². The molecule has 0 aromatic heterocycles. The fraction of sp³-hybridized carbons (Fsp3) is 0.833. The Kier molecular flexibility index (Phi) is 1.80. The summed E-state index contributed by atoms with van der Waals surface area (Å²) in [6.45, 7) is 2.74. The van der Waals surface area contributed by atoms with E-state index in [2.05, 4.69) is 21.2 Å². The zero-order valence-corrected chi connectivity index (χ0v) is 6.99. The Morgan fingerprint density at radius 1 is 1.78 bits per heavy atom. The lowest BCUT2D eigenvalue weighted by molar-refractivity contribution is -0.124. The summed E-state index contributed by atoms with van der Waals surface area (Å²) in [6.07, 6.45) is 2.02. The molecule has 52 valence electrons. The maximum absolute atomic E-state index is 11.0. The molecule has 1 N–H and O–H groups in total. The summed E-state index contributed by atoms with van der Waals surface area (Å²) in [4.78, 5) is 11.0. The van der Waals surface area contributed by atoms with Crippen molar-refractivity contribution in [2.75, 3.05) is 6.54 Å². The second kappa shape index (κ2) is 2.29. The van der Waals surface area contributed by atoms with Crippen LogP contribution in [0.4, 0.5) is 0 Å². The van der Waals surface area contributed by atoms with Crippen molar-refractivity contribution in [1.29, 1.82) is 0 Å². The van der Waals surface area contributed by atoms with Crippen LogP contribution in [0.3, 0.4) is 0 Å². The van der Waals surface area contributed by atoms with Crippen LogP contribution in [0.1, 0.15) is 19.8 Å². The molecule has 1 atom stereocenters. The Bertz CT molecular complexity index is 133. The summed E-state index contributed by atoms with van der Waals surface area (Å²) in [5.74, 6) is 0.119. The Labute approximate surface area is 63.1 Å². The molecule has 0 aromatic carbocycles. The van der Waals surface area contributed by atoms with Gasteiger partial charge in [0.15, 0.2) is 0 Å². The molecule has 1 fully saturated rings. The monoisotopic (exact) mass is 191 g/mol. The highest BCUT2D eigenvalue weighted by Crippen LogP contribution is 2.25. The molecular weight excluding hydrogens is 182 g/mol. The molecule has 0 aromatic rings. The van der Waals surface area contributed by atoms with Gasteiger partial charge < -0.3 is 5.32 Å². The van der Waals surface area contributed by atoms with Gasteiger partial charge in [-0.1, -0.05) is 15.9 Å². The van der Waals surface area contributed by atoms with E-state index in [1.165, 1.54) is 0 Å². The number of piperidine rings is 1. The Balaban J connectivity index is 2.60. The standard InChI is InChI=1S/C6H10BrNO/c1-6(7)3-2-4-8-5(6)9/h2-4H2,1H3,(H,8,9). The van der Waals surface area contributed by atoms with Gasteiger partial charge in [-0.15, -0.1) is 0 Å².